The van der Waals surface area contributed by atoms with Crippen molar-refractivity contribution in [2.24, 2.45) is 0 Å². The van der Waals surface area contributed by atoms with Gasteiger partial charge in [0.2, 0.25) is 0 Å². The molecular formula is C30H44Cl2Si3Zr. The van der Waals surface area contributed by atoms with E-state index in [4.69, 9.17) is 0 Å². The molecule has 0 radical (unpaired) electrons. The molecule has 2 aromatic rings. The molecule has 0 bridgehead atoms. The van der Waals surface area contributed by atoms with Gasteiger partial charge in [-0.3, -0.25) is 0 Å². The zero-order valence-corrected chi connectivity index (χ0v) is 30.9. The van der Waals surface area contributed by atoms with Crippen LogP contribution >= 0.6 is 24.8 Å². The summed E-state index contributed by atoms with van der Waals surface area (Å²) in [6.07, 6.45) is 7.57. The summed E-state index contributed by atoms with van der Waals surface area (Å²) < 4.78 is 9.28. The number of halogens is 2. The molecule has 0 aromatic heterocycles. The molecule has 6 heteroatoms. The fourth-order valence-corrected chi connectivity index (χ4v) is 34.3. The standard InChI is InChI=1S/2C14H17Si.2CH3.2ClH.H2Si.Zr/c2*1-15(2,3)14-10-9-13(11-14)12-7-5-4-6-8-12;;;;;;/h2*4-8,11H,9H2,1-3H3;2*1H3;2*1H;1H2;. The van der Waals surface area contributed by atoms with Gasteiger partial charge in [0.05, 0.1) is 0 Å². The average molecular weight is 651 g/mol. The molecule has 194 valence electrons. The second-order valence-electron chi connectivity index (χ2n) is 13.4. The summed E-state index contributed by atoms with van der Waals surface area (Å²) in [5.74, 6) is 0. The van der Waals surface area contributed by atoms with Crippen molar-refractivity contribution < 1.29 is 17.4 Å². The molecule has 0 aliphatic heterocycles. The van der Waals surface area contributed by atoms with Gasteiger partial charge in [0.15, 0.2) is 0 Å². The van der Waals surface area contributed by atoms with Gasteiger partial charge in [0.1, 0.15) is 0 Å². The Labute approximate surface area is 236 Å². The fraction of sp³-hybridized carbons (Fsp3) is 0.333. The summed E-state index contributed by atoms with van der Waals surface area (Å²) in [5, 5.41) is 3.51. The number of hydrogen-bond donors (Lipinski definition) is 0. The van der Waals surface area contributed by atoms with Gasteiger partial charge in [0, 0.05) is 0 Å². The maximum Gasteiger partial charge on any atom is -0.147 e. The summed E-state index contributed by atoms with van der Waals surface area (Å²) in [4.78, 5) is 0. The van der Waals surface area contributed by atoms with Gasteiger partial charge >= 0.3 is 214 Å². The quantitative estimate of drug-likeness (QED) is 0.273. The monoisotopic (exact) mass is 648 g/mol. The summed E-state index contributed by atoms with van der Waals surface area (Å²) in [7, 11) is -2.97. The average Bonchev–Trinajstić information content (AvgIpc) is 3.41. The SMILES string of the molecule is C[Si](C)(C)C1=[C]([Zr]([CH3])([CH3])(=[SiH2])[C]2=C([Si](C)(C)C)C=C(c3ccccc3)C2)CC(c2ccccc2)=C1.Cl.Cl. The third-order valence-electron chi connectivity index (χ3n) is 7.86. The second kappa shape index (κ2) is 10.9. The van der Waals surface area contributed by atoms with Crippen molar-refractivity contribution in [2.45, 2.75) is 61.4 Å². The van der Waals surface area contributed by atoms with E-state index in [2.05, 4.69) is 128 Å². The van der Waals surface area contributed by atoms with Crippen molar-refractivity contribution in [3.8, 4) is 0 Å². The van der Waals surface area contributed by atoms with Crippen molar-refractivity contribution >= 4 is 59.0 Å². The molecule has 0 saturated carbocycles. The Bertz CT molecular complexity index is 1220. The normalized spacial score (nSPS) is 16.9. The van der Waals surface area contributed by atoms with Crippen molar-refractivity contribution in [1.82, 2.24) is 0 Å². The molecule has 0 unspecified atom stereocenters. The van der Waals surface area contributed by atoms with Gasteiger partial charge in [0.25, 0.3) is 0 Å². The van der Waals surface area contributed by atoms with E-state index in [0.717, 1.165) is 12.8 Å². The molecule has 2 aliphatic rings. The van der Waals surface area contributed by atoms with Crippen LogP contribution in [0.25, 0.3) is 11.1 Å². The minimum Gasteiger partial charge on any atom is -0.147 e. The number of allylic oxidation sites excluding steroid dienone is 8. The van der Waals surface area contributed by atoms with Crippen molar-refractivity contribution in [3.63, 3.8) is 0 Å². The van der Waals surface area contributed by atoms with Crippen molar-refractivity contribution in [2.75, 3.05) is 0 Å². The molecule has 0 fully saturated rings. The fourth-order valence-electron chi connectivity index (χ4n) is 5.82. The van der Waals surface area contributed by atoms with Crippen LogP contribution in [0.1, 0.15) is 24.0 Å². The minimum absolute atomic E-state index is 0. The van der Waals surface area contributed by atoms with E-state index in [-0.39, 0.29) is 24.8 Å². The van der Waals surface area contributed by atoms with Gasteiger partial charge in [-0.05, 0) is 0 Å². The van der Waals surface area contributed by atoms with Gasteiger partial charge in [-0.1, -0.05) is 0 Å². The van der Waals surface area contributed by atoms with Crippen LogP contribution in [0, 0.1) is 0 Å². The van der Waals surface area contributed by atoms with Crippen LogP contribution in [0.5, 0.6) is 0 Å². The van der Waals surface area contributed by atoms with E-state index in [0.29, 0.717) is 0 Å². The number of rotatable bonds is 6. The van der Waals surface area contributed by atoms with Crippen LogP contribution in [-0.2, 0) is 17.4 Å². The van der Waals surface area contributed by atoms with E-state index in [1.54, 1.807) is 21.5 Å². The molecule has 0 nitrogen and oxygen atoms in total. The first-order chi connectivity index (χ1) is 15.7. The summed E-state index contributed by atoms with van der Waals surface area (Å²) in [6.45, 7) is 17.8. The molecule has 0 saturated heterocycles. The van der Waals surface area contributed by atoms with E-state index < -0.39 is 33.5 Å². The Morgan fingerprint density at radius 1 is 0.583 bits per heavy atom. The first kappa shape index (κ1) is 31.7. The van der Waals surface area contributed by atoms with Crippen LogP contribution in [0.2, 0.25) is 48.5 Å². The minimum atomic E-state index is -3.43. The predicted octanol–water partition coefficient (Wildman–Crippen LogP) is 9.40. The van der Waals surface area contributed by atoms with Gasteiger partial charge in [-0.15, -0.1) is 24.8 Å². The first-order valence-corrected chi connectivity index (χ1v) is 33.0. The van der Waals surface area contributed by atoms with Gasteiger partial charge in [-0.2, -0.15) is 0 Å². The molecule has 2 aromatic carbocycles. The Balaban J connectivity index is 0.00000228. The Kier molecular flexibility index (Phi) is 9.65. The Morgan fingerprint density at radius 3 is 1.17 bits per heavy atom. The molecule has 0 amide bonds. The number of benzene rings is 2. The second-order valence-corrected chi connectivity index (χ2v) is 52.2. The molecule has 0 atom stereocenters. The van der Waals surface area contributed by atoms with E-state index in [1.807, 2.05) is 6.56 Å². The molecule has 36 heavy (non-hydrogen) atoms. The van der Waals surface area contributed by atoms with Gasteiger partial charge in [-0.25, -0.2) is 0 Å². The third kappa shape index (κ3) is 6.21. The molecule has 4 rings (SSSR count). The zero-order chi connectivity index (χ0) is 25.0. The van der Waals surface area contributed by atoms with Crippen molar-refractivity contribution in [3.05, 3.63) is 101 Å². The van der Waals surface area contributed by atoms with E-state index in [1.165, 1.54) is 11.1 Å². The van der Waals surface area contributed by atoms with Crippen molar-refractivity contribution in [1.29, 1.82) is 0 Å². The summed E-state index contributed by atoms with van der Waals surface area (Å²) >= 11 is -3.43. The predicted molar refractivity (Wildman–Crippen MR) is 174 cm³/mol. The first-order valence-electron chi connectivity index (χ1n) is 12.7. The summed E-state index contributed by atoms with van der Waals surface area (Å²) in [6, 6.07) is 22.3. The van der Waals surface area contributed by atoms with Crippen LogP contribution < -0.4 is 0 Å². The maximum absolute atomic E-state index is 3.43. The maximum atomic E-state index is 2.76. The largest absolute Gasteiger partial charge is 0.147 e. The smallest absolute Gasteiger partial charge is 0.147 e. The van der Waals surface area contributed by atoms with Crippen LogP contribution in [0.4, 0.5) is 0 Å². The third-order valence-corrected chi connectivity index (χ3v) is 30.0. The summed E-state index contributed by atoms with van der Waals surface area (Å²) in [5.41, 5.74) is 5.92. The topological polar surface area (TPSA) is 0 Å². The zero-order valence-electron chi connectivity index (χ0n) is 23.4. The molecule has 0 spiro atoms. The number of hydrogen-bond acceptors (Lipinski definition) is 0. The Hall–Kier alpha value is -0.486. The van der Waals surface area contributed by atoms with E-state index >= 15 is 0 Å². The van der Waals surface area contributed by atoms with Crippen LogP contribution in [-0.4, -0.2) is 23.0 Å². The molecule has 0 N–H and O–H groups in total. The Morgan fingerprint density at radius 2 is 0.889 bits per heavy atom. The van der Waals surface area contributed by atoms with E-state index in [9.17, 15) is 0 Å². The van der Waals surface area contributed by atoms with Gasteiger partial charge < -0.3 is 0 Å². The molecule has 0 heterocycles. The molecule has 2 aliphatic carbocycles. The van der Waals surface area contributed by atoms with Crippen LogP contribution in [0.15, 0.2) is 89.8 Å². The molecular weight excluding hydrogens is 607 g/mol. The van der Waals surface area contributed by atoms with Crippen LogP contribution in [0.3, 0.4) is 0 Å².